The molecule has 0 saturated heterocycles. The number of fused-ring (bicyclic) bond motifs is 1. The number of anilines is 1. The molecule has 0 radical (unpaired) electrons. The Morgan fingerprint density at radius 3 is 2.82 bits per heavy atom. The van der Waals surface area contributed by atoms with Gasteiger partial charge in [0.1, 0.15) is 6.10 Å². The summed E-state index contributed by atoms with van der Waals surface area (Å²) in [5.74, 6) is 0.220. The molecule has 204 valence electrons. The van der Waals surface area contributed by atoms with E-state index >= 15 is 0 Å². The van der Waals surface area contributed by atoms with Crippen molar-refractivity contribution in [1.82, 2.24) is 30.3 Å². The zero-order chi connectivity index (χ0) is 27.2. The van der Waals surface area contributed by atoms with Gasteiger partial charge in [0.15, 0.2) is 22.1 Å². The predicted molar refractivity (Wildman–Crippen MR) is 142 cm³/mol. The number of aliphatic hydroxyl groups excluding tert-OH is 2. The molecule has 4 atom stereocenters. The fraction of sp³-hybridized carbons (Fsp3) is 0.542. The van der Waals surface area contributed by atoms with Crippen molar-refractivity contribution in [3.63, 3.8) is 0 Å². The van der Waals surface area contributed by atoms with Gasteiger partial charge in [-0.2, -0.15) is 0 Å². The van der Waals surface area contributed by atoms with Gasteiger partial charge in [-0.3, -0.25) is 14.9 Å². The van der Waals surface area contributed by atoms with E-state index in [1.807, 2.05) is 6.07 Å². The van der Waals surface area contributed by atoms with Gasteiger partial charge in [0.05, 0.1) is 23.0 Å². The lowest BCUT2D eigenvalue weighted by molar-refractivity contribution is -0.384. The number of hydrogen-bond donors (Lipinski definition) is 4. The molecule has 1 aliphatic rings. The molecule has 2 aromatic heterocycles. The van der Waals surface area contributed by atoms with Crippen LogP contribution in [0.5, 0.6) is 0 Å². The highest BCUT2D eigenvalue weighted by molar-refractivity contribution is 7.99. The molecule has 2 heterocycles. The Bertz CT molecular complexity index is 1290. The van der Waals surface area contributed by atoms with E-state index in [-0.39, 0.29) is 18.0 Å². The standard InChI is InChI=1S/C24H32N8O5S/c1-3-11-38-24-27-21(26-10-6-8-14-7-5-9-15(12-14)32(36)37)18-22(28-24)31(30-29-18)17-13-16(19(33)20(17)34)23(35)25-4-2/h5,7,9,12,16-17,19-20,33-34H,3-4,6,8,10-11,13H2,1-2H3,(H,25,35)(H,26,27,28)/t16-,17+,19+,20-/m0/s1. The molecule has 4 rings (SSSR count). The van der Waals surface area contributed by atoms with Crippen molar-refractivity contribution < 1.29 is 19.9 Å². The van der Waals surface area contributed by atoms with Crippen molar-refractivity contribution in [2.24, 2.45) is 5.92 Å². The summed E-state index contributed by atoms with van der Waals surface area (Å²) in [5, 5.41) is 47.4. The quantitative estimate of drug-likeness (QED) is 0.0861. The van der Waals surface area contributed by atoms with Crippen molar-refractivity contribution >= 4 is 40.3 Å². The predicted octanol–water partition coefficient (Wildman–Crippen LogP) is 2.10. The number of rotatable bonds is 12. The number of nitrogens with one attached hydrogen (secondary N) is 2. The minimum absolute atomic E-state index is 0.0656. The van der Waals surface area contributed by atoms with E-state index < -0.39 is 29.1 Å². The number of thioether (sulfide) groups is 1. The molecule has 1 aliphatic carbocycles. The molecule has 4 N–H and O–H groups in total. The van der Waals surface area contributed by atoms with Gasteiger partial charge in [0.25, 0.3) is 5.69 Å². The van der Waals surface area contributed by atoms with Crippen LogP contribution in [0.1, 0.15) is 44.7 Å². The van der Waals surface area contributed by atoms with E-state index in [0.717, 1.165) is 17.7 Å². The van der Waals surface area contributed by atoms with Crippen LogP contribution >= 0.6 is 11.8 Å². The second kappa shape index (κ2) is 12.5. The second-order valence-corrected chi connectivity index (χ2v) is 10.2. The van der Waals surface area contributed by atoms with Gasteiger partial charge in [-0.15, -0.1) is 5.10 Å². The van der Waals surface area contributed by atoms with Crippen LogP contribution in [-0.4, -0.2) is 77.1 Å². The van der Waals surface area contributed by atoms with Gasteiger partial charge in [-0.1, -0.05) is 36.0 Å². The van der Waals surface area contributed by atoms with Crippen molar-refractivity contribution in [2.75, 3.05) is 24.2 Å². The monoisotopic (exact) mass is 544 g/mol. The van der Waals surface area contributed by atoms with Crippen LogP contribution in [0.3, 0.4) is 0 Å². The van der Waals surface area contributed by atoms with E-state index in [1.54, 1.807) is 19.1 Å². The first-order chi connectivity index (χ1) is 18.3. The first kappa shape index (κ1) is 27.7. The maximum Gasteiger partial charge on any atom is 0.269 e. The lowest BCUT2D eigenvalue weighted by Crippen LogP contribution is -2.38. The molecule has 1 amide bonds. The van der Waals surface area contributed by atoms with E-state index in [9.17, 15) is 25.1 Å². The van der Waals surface area contributed by atoms with Crippen LogP contribution in [0, 0.1) is 16.0 Å². The first-order valence-electron chi connectivity index (χ1n) is 12.7. The Kier molecular flexibility index (Phi) is 9.07. The lowest BCUT2D eigenvalue weighted by atomic mass is 10.0. The number of amides is 1. The summed E-state index contributed by atoms with van der Waals surface area (Å²) in [5.41, 5.74) is 1.77. The molecule has 1 fully saturated rings. The van der Waals surface area contributed by atoms with Crippen LogP contribution in [0.2, 0.25) is 0 Å². The molecular formula is C24H32N8O5S. The Morgan fingerprint density at radius 1 is 1.26 bits per heavy atom. The molecular weight excluding hydrogens is 512 g/mol. The van der Waals surface area contributed by atoms with E-state index in [0.29, 0.717) is 48.1 Å². The Labute approximate surface area is 223 Å². The molecule has 0 aliphatic heterocycles. The van der Waals surface area contributed by atoms with Gasteiger partial charge in [0, 0.05) is 31.0 Å². The average molecular weight is 545 g/mol. The maximum absolute atomic E-state index is 12.4. The van der Waals surface area contributed by atoms with Crippen LogP contribution in [0.15, 0.2) is 29.4 Å². The minimum atomic E-state index is -1.23. The zero-order valence-electron chi connectivity index (χ0n) is 21.3. The van der Waals surface area contributed by atoms with Gasteiger partial charge >= 0.3 is 0 Å². The highest BCUT2D eigenvalue weighted by Gasteiger charge is 2.47. The number of carbonyl (C=O) groups is 1. The fourth-order valence-electron chi connectivity index (χ4n) is 4.56. The zero-order valence-corrected chi connectivity index (χ0v) is 22.1. The third-order valence-corrected chi connectivity index (χ3v) is 7.50. The Hall–Kier alpha value is -3.36. The van der Waals surface area contributed by atoms with Crippen molar-refractivity contribution in [1.29, 1.82) is 0 Å². The molecule has 1 aromatic carbocycles. The van der Waals surface area contributed by atoms with Gasteiger partial charge < -0.3 is 20.8 Å². The largest absolute Gasteiger partial charge is 0.390 e. The third kappa shape index (κ3) is 6.03. The third-order valence-electron chi connectivity index (χ3n) is 6.45. The lowest BCUT2D eigenvalue weighted by Gasteiger charge is -2.17. The summed E-state index contributed by atoms with van der Waals surface area (Å²) in [7, 11) is 0. The number of nitrogens with zero attached hydrogens (tertiary/aromatic N) is 6. The number of nitro groups is 1. The van der Waals surface area contributed by atoms with Crippen LogP contribution in [0.25, 0.3) is 11.2 Å². The van der Waals surface area contributed by atoms with Crippen LogP contribution < -0.4 is 10.6 Å². The van der Waals surface area contributed by atoms with Crippen molar-refractivity contribution in [3.05, 3.63) is 39.9 Å². The molecule has 3 aromatic rings. The summed E-state index contributed by atoms with van der Waals surface area (Å²) in [6.07, 6.45) is 0.0195. The van der Waals surface area contributed by atoms with Crippen molar-refractivity contribution in [2.45, 2.75) is 62.9 Å². The molecule has 38 heavy (non-hydrogen) atoms. The highest BCUT2D eigenvalue weighted by atomic mass is 32.2. The molecule has 1 saturated carbocycles. The fourth-order valence-corrected chi connectivity index (χ4v) is 5.25. The molecule has 14 heteroatoms. The SMILES string of the molecule is CCCSc1nc(NCCCc2cccc([N+](=O)[O-])c2)c2nnn([C@@H]3C[C@H](C(=O)NCC)[C@@H](O)[C@H]3O)c2n1. The van der Waals surface area contributed by atoms with E-state index in [2.05, 4.69) is 37.8 Å². The van der Waals surface area contributed by atoms with Gasteiger partial charge in [-0.05, 0) is 38.2 Å². The van der Waals surface area contributed by atoms with Crippen molar-refractivity contribution in [3.8, 4) is 0 Å². The first-order valence-corrected chi connectivity index (χ1v) is 13.7. The number of carbonyl (C=O) groups excluding carboxylic acids is 1. The number of benzene rings is 1. The average Bonchev–Trinajstić information content (AvgIpc) is 3.46. The number of aromatic nitrogens is 5. The van der Waals surface area contributed by atoms with Crippen LogP contribution in [-0.2, 0) is 11.2 Å². The normalized spacial score (nSPS) is 21.1. The number of hydrogen-bond acceptors (Lipinski definition) is 11. The minimum Gasteiger partial charge on any atom is -0.390 e. The second-order valence-electron chi connectivity index (χ2n) is 9.15. The highest BCUT2D eigenvalue weighted by Crippen LogP contribution is 2.37. The van der Waals surface area contributed by atoms with Gasteiger partial charge in [0.2, 0.25) is 5.91 Å². The Morgan fingerprint density at radius 2 is 2.08 bits per heavy atom. The molecule has 0 unspecified atom stereocenters. The summed E-state index contributed by atoms with van der Waals surface area (Å²) < 4.78 is 1.48. The number of non-ortho nitro benzene ring substituents is 1. The summed E-state index contributed by atoms with van der Waals surface area (Å²) in [4.78, 5) is 32.3. The summed E-state index contributed by atoms with van der Waals surface area (Å²) >= 11 is 1.49. The molecule has 13 nitrogen and oxygen atoms in total. The molecule has 0 spiro atoms. The number of nitro benzene ring substituents is 1. The van der Waals surface area contributed by atoms with Crippen LogP contribution in [0.4, 0.5) is 11.5 Å². The smallest absolute Gasteiger partial charge is 0.269 e. The number of aliphatic hydroxyl groups is 2. The van der Waals surface area contributed by atoms with Gasteiger partial charge in [-0.25, -0.2) is 14.6 Å². The summed E-state index contributed by atoms with van der Waals surface area (Å²) in [6, 6.07) is 5.90. The van der Waals surface area contributed by atoms with E-state index in [1.165, 1.54) is 22.5 Å². The Balaban J connectivity index is 1.54. The van der Waals surface area contributed by atoms with E-state index in [4.69, 9.17) is 0 Å². The molecule has 0 bridgehead atoms. The maximum atomic E-state index is 12.4. The summed E-state index contributed by atoms with van der Waals surface area (Å²) in [6.45, 7) is 4.81. The number of aryl methyl sites for hydroxylation is 1. The topological polar surface area (TPSA) is 181 Å².